The molecule has 0 saturated carbocycles. The lowest BCUT2D eigenvalue weighted by atomic mass is 9.83. The monoisotopic (exact) mass is 408 g/mol. The van der Waals surface area contributed by atoms with Gasteiger partial charge in [0.1, 0.15) is 11.5 Å². The standard InChI is InChI=1S/C26H32O4/c1-16(8-17-10-21(25(2,3)4)12-19(14-27)23(17)29)9-18-11-22(26(5,6)7)13-20(15-28)24(18)30/h10-15,29-30H,1,8-9H2,2-7H3. The average molecular weight is 409 g/mol. The van der Waals surface area contributed by atoms with E-state index in [1.807, 2.05) is 53.7 Å². The van der Waals surface area contributed by atoms with Crippen LogP contribution in [0.15, 0.2) is 36.4 Å². The Morgan fingerprint density at radius 3 is 1.37 bits per heavy atom. The van der Waals surface area contributed by atoms with Crippen molar-refractivity contribution >= 4 is 12.6 Å². The maximum Gasteiger partial charge on any atom is 0.153 e. The van der Waals surface area contributed by atoms with Gasteiger partial charge in [-0.1, -0.05) is 65.8 Å². The van der Waals surface area contributed by atoms with Crippen molar-refractivity contribution in [3.05, 3.63) is 69.8 Å². The van der Waals surface area contributed by atoms with E-state index in [1.165, 1.54) is 0 Å². The quantitative estimate of drug-likeness (QED) is 0.478. The zero-order valence-corrected chi connectivity index (χ0v) is 18.8. The molecule has 2 rings (SSSR count). The van der Waals surface area contributed by atoms with Gasteiger partial charge in [0, 0.05) is 0 Å². The van der Waals surface area contributed by atoms with Crippen LogP contribution >= 0.6 is 0 Å². The van der Waals surface area contributed by atoms with Gasteiger partial charge in [0.25, 0.3) is 0 Å². The Morgan fingerprint density at radius 1 is 0.767 bits per heavy atom. The Hall–Kier alpha value is -2.88. The molecule has 0 saturated heterocycles. The highest BCUT2D eigenvalue weighted by Gasteiger charge is 2.21. The number of allylic oxidation sites excluding steroid dienone is 1. The van der Waals surface area contributed by atoms with Crippen LogP contribution in [0, 0.1) is 0 Å². The Morgan fingerprint density at radius 2 is 1.10 bits per heavy atom. The Bertz CT molecular complexity index is 906. The lowest BCUT2D eigenvalue weighted by Crippen LogP contribution is -2.13. The molecule has 0 aliphatic carbocycles. The molecule has 0 spiro atoms. The number of carbonyl (C=O) groups is 2. The molecule has 0 fully saturated rings. The lowest BCUT2D eigenvalue weighted by molar-refractivity contribution is 0.111. The summed E-state index contributed by atoms with van der Waals surface area (Å²) < 4.78 is 0. The molecule has 0 bridgehead atoms. The van der Waals surface area contributed by atoms with Gasteiger partial charge in [-0.05, 0) is 58.1 Å². The molecule has 30 heavy (non-hydrogen) atoms. The van der Waals surface area contributed by atoms with Gasteiger partial charge in [-0.15, -0.1) is 0 Å². The van der Waals surface area contributed by atoms with Crippen molar-refractivity contribution in [2.45, 2.75) is 65.2 Å². The third-order valence-corrected chi connectivity index (χ3v) is 5.30. The van der Waals surface area contributed by atoms with E-state index in [4.69, 9.17) is 0 Å². The van der Waals surface area contributed by atoms with Gasteiger partial charge in [0.15, 0.2) is 12.6 Å². The SMILES string of the molecule is C=C(Cc1cc(C(C)(C)C)cc(C=O)c1O)Cc1cc(C(C)(C)C)cc(C=O)c1O. The Labute approximate surface area is 179 Å². The minimum atomic E-state index is -0.181. The number of aldehydes is 2. The number of aromatic hydroxyl groups is 2. The molecule has 0 aromatic heterocycles. The Kier molecular flexibility index (Phi) is 6.60. The summed E-state index contributed by atoms with van der Waals surface area (Å²) in [4.78, 5) is 22.9. The molecule has 4 heteroatoms. The number of rotatable bonds is 6. The Balaban J connectivity index is 2.41. The van der Waals surface area contributed by atoms with Gasteiger partial charge in [0.05, 0.1) is 11.1 Å². The van der Waals surface area contributed by atoms with Crippen molar-refractivity contribution in [1.29, 1.82) is 0 Å². The first kappa shape index (κ1) is 23.4. The van der Waals surface area contributed by atoms with E-state index in [0.29, 0.717) is 36.5 Å². The highest BCUT2D eigenvalue weighted by molar-refractivity contribution is 5.81. The fraction of sp³-hybridized carbons (Fsp3) is 0.385. The molecule has 0 unspecified atom stereocenters. The van der Waals surface area contributed by atoms with E-state index < -0.39 is 0 Å². The van der Waals surface area contributed by atoms with E-state index in [1.54, 1.807) is 12.1 Å². The lowest BCUT2D eigenvalue weighted by Gasteiger charge is -2.23. The fourth-order valence-electron chi connectivity index (χ4n) is 3.35. The fourth-order valence-corrected chi connectivity index (χ4v) is 3.35. The topological polar surface area (TPSA) is 74.6 Å². The maximum atomic E-state index is 11.4. The second-order valence-corrected chi connectivity index (χ2v) is 9.99. The van der Waals surface area contributed by atoms with Crippen LogP contribution in [0.5, 0.6) is 11.5 Å². The predicted molar refractivity (Wildman–Crippen MR) is 121 cm³/mol. The van der Waals surface area contributed by atoms with Crippen molar-refractivity contribution in [2.75, 3.05) is 0 Å². The van der Waals surface area contributed by atoms with Gasteiger partial charge in [-0.25, -0.2) is 0 Å². The van der Waals surface area contributed by atoms with Crippen LogP contribution in [-0.4, -0.2) is 22.8 Å². The minimum Gasteiger partial charge on any atom is -0.507 e. The average Bonchev–Trinajstić information content (AvgIpc) is 2.63. The van der Waals surface area contributed by atoms with Crippen LogP contribution in [0.4, 0.5) is 0 Å². The second kappa shape index (κ2) is 8.47. The third kappa shape index (κ3) is 5.18. The summed E-state index contributed by atoms with van der Waals surface area (Å²) in [5.41, 5.74) is 4.05. The van der Waals surface area contributed by atoms with Crippen molar-refractivity contribution < 1.29 is 19.8 Å². The van der Waals surface area contributed by atoms with E-state index in [-0.39, 0.29) is 33.5 Å². The zero-order valence-electron chi connectivity index (χ0n) is 18.8. The summed E-state index contributed by atoms with van der Waals surface area (Å²) in [5, 5.41) is 21.0. The van der Waals surface area contributed by atoms with E-state index in [9.17, 15) is 19.8 Å². The molecule has 2 aromatic rings. The molecular weight excluding hydrogens is 376 g/mol. The van der Waals surface area contributed by atoms with E-state index in [2.05, 4.69) is 6.58 Å². The van der Waals surface area contributed by atoms with Crippen LogP contribution in [0.3, 0.4) is 0 Å². The smallest absolute Gasteiger partial charge is 0.153 e. The summed E-state index contributed by atoms with van der Waals surface area (Å²) >= 11 is 0. The summed E-state index contributed by atoms with van der Waals surface area (Å²) in [6, 6.07) is 7.22. The minimum absolute atomic E-state index is 0.0413. The van der Waals surface area contributed by atoms with Crippen LogP contribution in [0.2, 0.25) is 0 Å². The maximum absolute atomic E-state index is 11.4. The van der Waals surface area contributed by atoms with Gasteiger partial charge in [-0.3, -0.25) is 9.59 Å². The zero-order chi connectivity index (χ0) is 22.9. The van der Waals surface area contributed by atoms with Gasteiger partial charge in [-0.2, -0.15) is 0 Å². The first-order valence-electron chi connectivity index (χ1n) is 10.1. The summed E-state index contributed by atoms with van der Waals surface area (Å²) in [6.07, 6.45) is 2.02. The molecule has 0 amide bonds. The molecular formula is C26H32O4. The molecule has 0 radical (unpaired) electrons. The number of carbonyl (C=O) groups excluding carboxylic acids is 2. The first-order chi connectivity index (χ1) is 13.8. The number of phenols is 2. The normalized spacial score (nSPS) is 11.9. The molecule has 0 aliphatic rings. The molecule has 2 aromatic carbocycles. The third-order valence-electron chi connectivity index (χ3n) is 5.30. The molecule has 4 nitrogen and oxygen atoms in total. The van der Waals surface area contributed by atoms with Crippen LogP contribution in [0.1, 0.15) is 84.5 Å². The molecule has 0 heterocycles. The van der Waals surface area contributed by atoms with Crippen molar-refractivity contribution in [2.24, 2.45) is 0 Å². The van der Waals surface area contributed by atoms with Crippen LogP contribution < -0.4 is 0 Å². The van der Waals surface area contributed by atoms with Gasteiger partial charge < -0.3 is 10.2 Å². The number of benzene rings is 2. The van der Waals surface area contributed by atoms with Gasteiger partial charge in [0.2, 0.25) is 0 Å². The van der Waals surface area contributed by atoms with E-state index in [0.717, 1.165) is 16.7 Å². The highest BCUT2D eigenvalue weighted by atomic mass is 16.3. The molecule has 2 N–H and O–H groups in total. The number of phenolic OH excluding ortho intramolecular Hbond substituents is 2. The molecule has 0 atom stereocenters. The highest BCUT2D eigenvalue weighted by Crippen LogP contribution is 2.34. The van der Waals surface area contributed by atoms with E-state index >= 15 is 0 Å². The second-order valence-electron chi connectivity index (χ2n) is 9.99. The van der Waals surface area contributed by atoms with Crippen molar-refractivity contribution in [3.63, 3.8) is 0 Å². The summed E-state index contributed by atoms with van der Waals surface area (Å²) in [6.45, 7) is 16.4. The summed E-state index contributed by atoms with van der Waals surface area (Å²) in [7, 11) is 0. The first-order valence-corrected chi connectivity index (χ1v) is 10.1. The number of hydrogen-bond acceptors (Lipinski definition) is 4. The predicted octanol–water partition coefficient (Wildman–Crippen LogP) is 5.66. The summed E-state index contributed by atoms with van der Waals surface area (Å²) in [5.74, 6) is -0.0826. The van der Waals surface area contributed by atoms with Crippen LogP contribution in [-0.2, 0) is 23.7 Å². The molecule has 0 aliphatic heterocycles. The molecule has 160 valence electrons. The largest absolute Gasteiger partial charge is 0.507 e. The number of hydrogen-bond donors (Lipinski definition) is 2. The van der Waals surface area contributed by atoms with Crippen molar-refractivity contribution in [3.8, 4) is 11.5 Å². The van der Waals surface area contributed by atoms with Crippen molar-refractivity contribution in [1.82, 2.24) is 0 Å². The van der Waals surface area contributed by atoms with Gasteiger partial charge >= 0.3 is 0 Å². The van der Waals surface area contributed by atoms with Crippen LogP contribution in [0.25, 0.3) is 0 Å².